The molecule has 10 heteroatoms. The Morgan fingerprint density at radius 1 is 0.939 bits per heavy atom. The molecule has 2 fully saturated rings. The fraction of sp³-hybridized carbons (Fsp3) is 0.609. The van der Waals surface area contributed by atoms with Crippen LogP contribution in [0.2, 0.25) is 0 Å². The highest BCUT2D eigenvalue weighted by Crippen LogP contribution is 2.34. The van der Waals surface area contributed by atoms with Crippen molar-refractivity contribution in [2.75, 3.05) is 44.6 Å². The number of amides is 2. The summed E-state index contributed by atoms with van der Waals surface area (Å²) in [5.41, 5.74) is -1.91. The zero-order valence-corrected chi connectivity index (χ0v) is 18.6. The van der Waals surface area contributed by atoms with Gasteiger partial charge in [-0.15, -0.1) is 0 Å². The minimum absolute atomic E-state index is 0.0240. The highest BCUT2D eigenvalue weighted by molar-refractivity contribution is 5.93. The number of halogens is 3. The van der Waals surface area contributed by atoms with Gasteiger partial charge in [-0.3, -0.25) is 19.4 Å². The topological polar surface area (TPSA) is 88.5 Å². The Balaban J connectivity index is 1.44. The molecule has 2 amide bonds. The summed E-state index contributed by atoms with van der Waals surface area (Å²) >= 11 is 0. The number of piperazine rings is 1. The molecule has 2 aliphatic rings. The summed E-state index contributed by atoms with van der Waals surface area (Å²) in [6.07, 6.45) is 0.833. The van der Waals surface area contributed by atoms with Gasteiger partial charge < -0.3 is 10.6 Å². The van der Waals surface area contributed by atoms with Gasteiger partial charge in [-0.2, -0.15) is 18.4 Å². The first-order valence-corrected chi connectivity index (χ1v) is 11.3. The largest absolute Gasteiger partial charge is 0.418 e. The Kier molecular flexibility index (Phi) is 8.32. The van der Waals surface area contributed by atoms with Gasteiger partial charge in [0.1, 0.15) is 5.54 Å². The molecule has 0 radical (unpaired) electrons. The van der Waals surface area contributed by atoms with E-state index in [1.54, 1.807) is 0 Å². The summed E-state index contributed by atoms with van der Waals surface area (Å²) in [4.78, 5) is 28.7. The van der Waals surface area contributed by atoms with Crippen LogP contribution in [0.25, 0.3) is 0 Å². The minimum atomic E-state index is -4.54. The maximum atomic E-state index is 13.1. The van der Waals surface area contributed by atoms with E-state index < -0.39 is 23.2 Å². The van der Waals surface area contributed by atoms with E-state index in [-0.39, 0.29) is 24.7 Å². The molecule has 0 aromatic heterocycles. The first-order chi connectivity index (χ1) is 15.7. The fourth-order valence-electron chi connectivity index (χ4n) is 4.44. The lowest BCUT2D eigenvalue weighted by Gasteiger charge is -2.35. The van der Waals surface area contributed by atoms with Crippen LogP contribution in [0.1, 0.15) is 44.1 Å². The summed E-state index contributed by atoms with van der Waals surface area (Å²) in [5.74, 6) is -0.685. The summed E-state index contributed by atoms with van der Waals surface area (Å²) in [6.45, 7) is 2.31. The number of hydrogen-bond donors (Lipinski definition) is 2. The van der Waals surface area contributed by atoms with E-state index in [2.05, 4.69) is 16.7 Å². The van der Waals surface area contributed by atoms with E-state index in [4.69, 9.17) is 0 Å². The van der Waals surface area contributed by atoms with Gasteiger partial charge in [0.2, 0.25) is 11.8 Å². The Hall–Kier alpha value is -2.64. The predicted octanol–water partition coefficient (Wildman–Crippen LogP) is 2.99. The van der Waals surface area contributed by atoms with Crippen LogP contribution in [0.4, 0.5) is 18.9 Å². The molecule has 0 bridgehead atoms. The van der Waals surface area contributed by atoms with Gasteiger partial charge in [0.05, 0.1) is 30.4 Å². The number of alkyl halides is 3. The molecule has 1 aliphatic carbocycles. The van der Waals surface area contributed by atoms with E-state index in [1.807, 2.05) is 9.80 Å². The maximum Gasteiger partial charge on any atom is 0.418 e. The zero-order valence-electron chi connectivity index (χ0n) is 18.6. The van der Waals surface area contributed by atoms with Gasteiger partial charge in [0.15, 0.2) is 0 Å². The van der Waals surface area contributed by atoms with Crippen LogP contribution < -0.4 is 10.6 Å². The quantitative estimate of drug-likeness (QED) is 0.631. The number of anilines is 1. The van der Waals surface area contributed by atoms with Crippen molar-refractivity contribution in [2.24, 2.45) is 0 Å². The number of nitrogens with one attached hydrogen (secondary N) is 2. The second-order valence-electron chi connectivity index (χ2n) is 8.80. The van der Waals surface area contributed by atoms with Crippen LogP contribution in [0.5, 0.6) is 0 Å². The van der Waals surface area contributed by atoms with Crippen LogP contribution in [0.3, 0.4) is 0 Å². The molecule has 0 unspecified atom stereocenters. The lowest BCUT2D eigenvalue weighted by atomic mass is 9.92. The lowest BCUT2D eigenvalue weighted by molar-refractivity contribution is -0.137. The van der Waals surface area contributed by atoms with Crippen LogP contribution in [-0.4, -0.2) is 66.4 Å². The molecule has 3 rings (SSSR count). The zero-order chi connectivity index (χ0) is 23.9. The second kappa shape index (κ2) is 11.0. The summed E-state index contributed by atoms with van der Waals surface area (Å²) in [6, 6.07) is 7.21. The van der Waals surface area contributed by atoms with E-state index in [1.165, 1.54) is 18.2 Å². The van der Waals surface area contributed by atoms with Crippen molar-refractivity contribution in [1.29, 1.82) is 5.26 Å². The highest BCUT2D eigenvalue weighted by Gasteiger charge is 2.34. The number of benzene rings is 1. The monoisotopic (exact) mass is 465 g/mol. The van der Waals surface area contributed by atoms with Crippen molar-refractivity contribution in [3.8, 4) is 6.07 Å². The Labute approximate surface area is 191 Å². The van der Waals surface area contributed by atoms with E-state index in [0.29, 0.717) is 39.0 Å². The first kappa shape index (κ1) is 25.0. The Morgan fingerprint density at radius 3 is 2.03 bits per heavy atom. The molecular formula is C23H30F3N5O2. The third kappa shape index (κ3) is 7.17. The average Bonchev–Trinajstić information content (AvgIpc) is 3.00. The van der Waals surface area contributed by atoms with Gasteiger partial charge in [0, 0.05) is 26.2 Å². The standard InChI is InChI=1S/C23H30F3N5O2/c24-23(25,26)18-7-3-4-8-19(18)28-20(32)15-30-11-13-31(14-12-30)16-21(33)29-22(17-27)9-5-1-2-6-10-22/h3-4,7-8H,1-2,5-6,9-16H2,(H,28,32)(H,29,33). The summed E-state index contributed by atoms with van der Waals surface area (Å²) < 4.78 is 39.3. The van der Waals surface area contributed by atoms with Crippen LogP contribution in [-0.2, 0) is 15.8 Å². The first-order valence-electron chi connectivity index (χ1n) is 11.3. The maximum absolute atomic E-state index is 13.1. The molecule has 0 atom stereocenters. The normalized spacial score (nSPS) is 19.8. The molecule has 33 heavy (non-hydrogen) atoms. The minimum Gasteiger partial charge on any atom is -0.337 e. The van der Waals surface area contributed by atoms with Gasteiger partial charge in [-0.25, -0.2) is 0 Å². The number of hydrogen-bond acceptors (Lipinski definition) is 5. The average molecular weight is 466 g/mol. The molecule has 2 N–H and O–H groups in total. The summed E-state index contributed by atoms with van der Waals surface area (Å²) in [5, 5.41) is 14.9. The smallest absolute Gasteiger partial charge is 0.337 e. The number of carbonyl (C=O) groups is 2. The highest BCUT2D eigenvalue weighted by atomic mass is 19.4. The van der Waals surface area contributed by atoms with Crippen molar-refractivity contribution >= 4 is 17.5 Å². The van der Waals surface area contributed by atoms with E-state index >= 15 is 0 Å². The molecule has 1 aromatic carbocycles. The van der Waals surface area contributed by atoms with Crippen molar-refractivity contribution in [3.05, 3.63) is 29.8 Å². The third-order valence-electron chi connectivity index (χ3n) is 6.26. The molecule has 180 valence electrons. The van der Waals surface area contributed by atoms with Crippen LogP contribution in [0.15, 0.2) is 24.3 Å². The van der Waals surface area contributed by atoms with Crippen molar-refractivity contribution < 1.29 is 22.8 Å². The predicted molar refractivity (Wildman–Crippen MR) is 117 cm³/mol. The van der Waals surface area contributed by atoms with Gasteiger partial charge in [-0.05, 0) is 25.0 Å². The number of nitriles is 1. The van der Waals surface area contributed by atoms with Gasteiger partial charge in [-0.1, -0.05) is 37.8 Å². The second-order valence-corrected chi connectivity index (χ2v) is 8.80. The van der Waals surface area contributed by atoms with Crippen LogP contribution >= 0.6 is 0 Å². The molecular weight excluding hydrogens is 435 g/mol. The van der Waals surface area contributed by atoms with E-state index in [0.717, 1.165) is 31.7 Å². The fourth-order valence-corrected chi connectivity index (χ4v) is 4.44. The molecule has 1 saturated heterocycles. The van der Waals surface area contributed by atoms with Crippen LogP contribution in [0, 0.1) is 11.3 Å². The van der Waals surface area contributed by atoms with Crippen molar-refractivity contribution in [3.63, 3.8) is 0 Å². The number of nitrogens with zero attached hydrogens (tertiary/aromatic N) is 3. The van der Waals surface area contributed by atoms with Gasteiger partial charge in [0.25, 0.3) is 0 Å². The molecule has 0 spiro atoms. The molecule has 7 nitrogen and oxygen atoms in total. The Bertz CT molecular complexity index is 868. The van der Waals surface area contributed by atoms with E-state index in [9.17, 15) is 28.0 Å². The summed E-state index contributed by atoms with van der Waals surface area (Å²) in [7, 11) is 0. The van der Waals surface area contributed by atoms with Crippen molar-refractivity contribution in [1.82, 2.24) is 15.1 Å². The molecule has 1 saturated carbocycles. The number of carbonyl (C=O) groups excluding carboxylic acids is 2. The third-order valence-corrected chi connectivity index (χ3v) is 6.26. The van der Waals surface area contributed by atoms with Gasteiger partial charge >= 0.3 is 6.18 Å². The molecule has 1 aliphatic heterocycles. The number of para-hydroxylation sites is 1. The van der Waals surface area contributed by atoms with Crippen molar-refractivity contribution in [2.45, 2.75) is 50.2 Å². The molecule has 1 heterocycles. The molecule has 1 aromatic rings. The SMILES string of the molecule is N#CC1(NC(=O)CN2CCN(CC(=O)Nc3ccccc3C(F)(F)F)CC2)CCCCCC1. The Morgan fingerprint density at radius 2 is 1.48 bits per heavy atom. The number of rotatable bonds is 6. The lowest BCUT2D eigenvalue weighted by Crippen LogP contribution is -2.54.